The van der Waals surface area contributed by atoms with Crippen LogP contribution in [0.5, 0.6) is 0 Å². The van der Waals surface area contributed by atoms with Crippen molar-refractivity contribution in [3.05, 3.63) is 12.2 Å². The molecule has 1 aliphatic heterocycles. The fourth-order valence-corrected chi connectivity index (χ4v) is 0.635. The first-order chi connectivity index (χ1) is 4.20. The summed E-state index contributed by atoms with van der Waals surface area (Å²) in [7, 11) is 0. The Labute approximate surface area is 54.5 Å². The lowest BCUT2D eigenvalue weighted by molar-refractivity contribution is -0.112. The van der Waals surface area contributed by atoms with Gasteiger partial charge in [0, 0.05) is 0 Å². The minimum absolute atomic E-state index is 0.0812. The van der Waals surface area contributed by atoms with Gasteiger partial charge >= 0.3 is 0 Å². The van der Waals surface area contributed by atoms with E-state index in [-0.39, 0.29) is 11.9 Å². The molecule has 2 atom stereocenters. The predicted molar refractivity (Wildman–Crippen MR) is 34.2 cm³/mol. The Hall–Kier alpha value is -0.630. The van der Waals surface area contributed by atoms with E-state index in [4.69, 9.17) is 4.74 Å². The fourth-order valence-electron chi connectivity index (χ4n) is 0.635. The number of hydrogen-bond acceptors (Lipinski definition) is 2. The van der Waals surface area contributed by atoms with E-state index < -0.39 is 0 Å². The van der Waals surface area contributed by atoms with Crippen LogP contribution in [0.4, 0.5) is 0 Å². The van der Waals surface area contributed by atoms with Gasteiger partial charge in [0.2, 0.25) is 0 Å². The molecule has 0 bridgehead atoms. The summed E-state index contributed by atoms with van der Waals surface area (Å²) in [5.74, 6) is 0.0812. The maximum absolute atomic E-state index is 10.3. The quantitative estimate of drug-likeness (QED) is 0.406. The SMILES string of the molecule is CC(=O)/C=C/[C@H]1O[C@@H]1C. The van der Waals surface area contributed by atoms with E-state index in [9.17, 15) is 4.79 Å². The molecule has 0 unspecified atom stereocenters. The van der Waals surface area contributed by atoms with Crippen molar-refractivity contribution < 1.29 is 9.53 Å². The van der Waals surface area contributed by atoms with Gasteiger partial charge < -0.3 is 4.74 Å². The lowest BCUT2D eigenvalue weighted by Gasteiger charge is -1.75. The second kappa shape index (κ2) is 2.31. The minimum Gasteiger partial charge on any atom is -0.365 e. The van der Waals surface area contributed by atoms with Gasteiger partial charge in [-0.1, -0.05) is 0 Å². The topological polar surface area (TPSA) is 29.6 Å². The maximum Gasteiger partial charge on any atom is 0.152 e. The molecule has 9 heavy (non-hydrogen) atoms. The molecule has 0 aromatic rings. The third kappa shape index (κ3) is 1.98. The Morgan fingerprint density at radius 2 is 2.22 bits per heavy atom. The van der Waals surface area contributed by atoms with Crippen molar-refractivity contribution in [1.29, 1.82) is 0 Å². The van der Waals surface area contributed by atoms with Gasteiger partial charge in [0.15, 0.2) is 5.78 Å². The number of ether oxygens (including phenoxy) is 1. The van der Waals surface area contributed by atoms with E-state index in [1.54, 1.807) is 12.2 Å². The van der Waals surface area contributed by atoms with E-state index in [2.05, 4.69) is 0 Å². The average molecular weight is 126 g/mol. The summed E-state index contributed by atoms with van der Waals surface area (Å²) in [5, 5.41) is 0. The van der Waals surface area contributed by atoms with E-state index in [0.717, 1.165) is 0 Å². The van der Waals surface area contributed by atoms with Crippen LogP contribution >= 0.6 is 0 Å². The van der Waals surface area contributed by atoms with Crippen LogP contribution in [0.2, 0.25) is 0 Å². The molecule has 0 aromatic heterocycles. The van der Waals surface area contributed by atoms with E-state index in [0.29, 0.717) is 6.10 Å². The summed E-state index contributed by atoms with van der Waals surface area (Å²) in [4.78, 5) is 10.3. The first-order valence-corrected chi connectivity index (χ1v) is 3.04. The monoisotopic (exact) mass is 126 g/mol. The Balaban J connectivity index is 2.25. The first-order valence-electron chi connectivity index (χ1n) is 3.04. The molecule has 0 radical (unpaired) electrons. The predicted octanol–water partition coefficient (Wildman–Crippen LogP) is 0.919. The lowest BCUT2D eigenvalue weighted by Crippen LogP contribution is -1.85. The van der Waals surface area contributed by atoms with Crippen LogP contribution < -0.4 is 0 Å². The number of carbonyl (C=O) groups is 1. The smallest absolute Gasteiger partial charge is 0.152 e. The molecule has 1 fully saturated rings. The zero-order valence-corrected chi connectivity index (χ0v) is 5.63. The van der Waals surface area contributed by atoms with Gasteiger partial charge in [0.05, 0.1) is 6.10 Å². The summed E-state index contributed by atoms with van der Waals surface area (Å²) in [6.45, 7) is 3.51. The summed E-state index contributed by atoms with van der Waals surface area (Å²) >= 11 is 0. The molecule has 1 saturated heterocycles. The van der Waals surface area contributed by atoms with Crippen LogP contribution in [0.1, 0.15) is 13.8 Å². The van der Waals surface area contributed by atoms with Crippen molar-refractivity contribution in [3.63, 3.8) is 0 Å². The largest absolute Gasteiger partial charge is 0.365 e. The van der Waals surface area contributed by atoms with Crippen molar-refractivity contribution in [3.8, 4) is 0 Å². The van der Waals surface area contributed by atoms with Gasteiger partial charge in [-0.05, 0) is 26.0 Å². The molecule has 0 aromatic carbocycles. The molecule has 0 N–H and O–H groups in total. The number of hydrogen-bond donors (Lipinski definition) is 0. The minimum atomic E-state index is 0.0812. The van der Waals surface area contributed by atoms with E-state index in [1.165, 1.54) is 6.92 Å². The second-order valence-corrected chi connectivity index (χ2v) is 2.28. The van der Waals surface area contributed by atoms with Crippen molar-refractivity contribution in [1.82, 2.24) is 0 Å². The molecule has 1 heterocycles. The molecule has 1 aliphatic rings. The number of allylic oxidation sites excluding steroid dienone is 1. The second-order valence-electron chi connectivity index (χ2n) is 2.28. The Bertz CT molecular complexity index is 149. The van der Waals surface area contributed by atoms with Crippen molar-refractivity contribution in [2.45, 2.75) is 26.1 Å². The molecule has 2 heteroatoms. The van der Waals surface area contributed by atoms with Gasteiger partial charge in [0.1, 0.15) is 6.10 Å². The van der Waals surface area contributed by atoms with Gasteiger partial charge in [0.25, 0.3) is 0 Å². The summed E-state index contributed by atoms with van der Waals surface area (Å²) in [6.07, 6.45) is 3.87. The summed E-state index contributed by atoms with van der Waals surface area (Å²) < 4.78 is 5.03. The Morgan fingerprint density at radius 1 is 1.67 bits per heavy atom. The molecule has 0 aliphatic carbocycles. The van der Waals surface area contributed by atoms with Crippen LogP contribution in [0.3, 0.4) is 0 Å². The molecule has 0 amide bonds. The zero-order chi connectivity index (χ0) is 6.85. The first kappa shape index (κ1) is 6.49. The van der Waals surface area contributed by atoms with E-state index in [1.807, 2.05) is 6.92 Å². The van der Waals surface area contributed by atoms with Crippen LogP contribution in [-0.2, 0) is 9.53 Å². The van der Waals surface area contributed by atoms with Gasteiger partial charge in [-0.2, -0.15) is 0 Å². The molecular formula is C7H10O2. The van der Waals surface area contributed by atoms with E-state index >= 15 is 0 Å². The Kier molecular flexibility index (Phi) is 1.67. The van der Waals surface area contributed by atoms with Crippen LogP contribution in [-0.4, -0.2) is 18.0 Å². The zero-order valence-electron chi connectivity index (χ0n) is 5.63. The third-order valence-corrected chi connectivity index (χ3v) is 1.28. The van der Waals surface area contributed by atoms with Gasteiger partial charge in [-0.25, -0.2) is 0 Å². The lowest BCUT2D eigenvalue weighted by atomic mass is 10.3. The van der Waals surface area contributed by atoms with Gasteiger partial charge in [-0.15, -0.1) is 0 Å². The molecule has 0 spiro atoms. The highest BCUT2D eigenvalue weighted by Crippen LogP contribution is 2.21. The van der Waals surface area contributed by atoms with Crippen LogP contribution in [0, 0.1) is 0 Å². The maximum atomic E-state index is 10.3. The summed E-state index contributed by atoms with van der Waals surface area (Å²) in [5.41, 5.74) is 0. The highest BCUT2D eigenvalue weighted by Gasteiger charge is 2.30. The number of carbonyl (C=O) groups excluding carboxylic acids is 1. The van der Waals surface area contributed by atoms with Crippen LogP contribution in [0.15, 0.2) is 12.2 Å². The molecule has 1 rings (SSSR count). The average Bonchev–Trinajstić information content (AvgIpc) is 2.42. The van der Waals surface area contributed by atoms with Crippen LogP contribution in [0.25, 0.3) is 0 Å². The molecule has 0 saturated carbocycles. The fraction of sp³-hybridized carbons (Fsp3) is 0.571. The third-order valence-electron chi connectivity index (χ3n) is 1.28. The number of rotatable bonds is 2. The highest BCUT2D eigenvalue weighted by molar-refractivity contribution is 5.87. The highest BCUT2D eigenvalue weighted by atomic mass is 16.6. The van der Waals surface area contributed by atoms with Crippen molar-refractivity contribution in [2.24, 2.45) is 0 Å². The van der Waals surface area contributed by atoms with Gasteiger partial charge in [-0.3, -0.25) is 4.79 Å². The molecule has 2 nitrogen and oxygen atoms in total. The standard InChI is InChI=1S/C7H10O2/c1-5(8)3-4-7-6(2)9-7/h3-4,6-7H,1-2H3/b4-3+/t6-,7-/m1/s1. The molecule has 50 valence electrons. The number of ketones is 1. The summed E-state index contributed by atoms with van der Waals surface area (Å²) in [6, 6.07) is 0. The normalized spacial score (nSPS) is 33.1. The molecular weight excluding hydrogens is 116 g/mol. The van der Waals surface area contributed by atoms with Crippen molar-refractivity contribution >= 4 is 5.78 Å². The number of epoxide rings is 1. The Morgan fingerprint density at radius 3 is 2.56 bits per heavy atom. The van der Waals surface area contributed by atoms with Crippen molar-refractivity contribution in [2.75, 3.05) is 0 Å².